The summed E-state index contributed by atoms with van der Waals surface area (Å²) in [7, 11) is 0. The summed E-state index contributed by atoms with van der Waals surface area (Å²) in [6.45, 7) is 0. The Balaban J connectivity index is 0.989. The van der Waals surface area contributed by atoms with Crippen molar-refractivity contribution in [2.24, 2.45) is 0 Å². The summed E-state index contributed by atoms with van der Waals surface area (Å²) >= 11 is 1.84. The second-order valence-corrected chi connectivity index (χ2v) is 15.5. The first-order valence-electron chi connectivity index (χ1n) is 19.2. The largest absolute Gasteiger partial charge is 0.456 e. The molecule has 0 atom stereocenters. The lowest BCUT2D eigenvalue weighted by atomic mass is 9.96. The second-order valence-electron chi connectivity index (χ2n) is 14.4. The van der Waals surface area contributed by atoms with Crippen LogP contribution in [0, 0.1) is 0 Å². The Morgan fingerprint density at radius 2 is 1.16 bits per heavy atom. The highest BCUT2D eigenvalue weighted by Gasteiger charge is 2.19. The first-order chi connectivity index (χ1) is 28.2. The zero-order valence-electron chi connectivity index (χ0n) is 30.8. The summed E-state index contributed by atoms with van der Waals surface area (Å²) in [4.78, 5) is 15.0. The van der Waals surface area contributed by atoms with Crippen molar-refractivity contribution in [1.82, 2.24) is 15.0 Å². The van der Waals surface area contributed by atoms with E-state index in [0.29, 0.717) is 17.5 Å². The minimum Gasteiger partial charge on any atom is -0.456 e. The lowest BCUT2D eigenvalue weighted by Gasteiger charge is -2.18. The zero-order valence-corrected chi connectivity index (χ0v) is 31.6. The summed E-state index contributed by atoms with van der Waals surface area (Å²) in [5, 5.41) is 8.31. The fourth-order valence-corrected chi connectivity index (χ4v) is 9.14. The highest BCUT2D eigenvalue weighted by atomic mass is 32.1. The van der Waals surface area contributed by atoms with Gasteiger partial charge >= 0.3 is 0 Å². The third-order valence-corrected chi connectivity index (χ3v) is 11.9. The van der Waals surface area contributed by atoms with Crippen LogP contribution in [-0.4, -0.2) is 15.0 Å². The molecule has 270 valence electrons. The third-order valence-electron chi connectivity index (χ3n) is 10.8. The summed E-state index contributed by atoms with van der Waals surface area (Å²) in [5.41, 5.74) is 11.5. The summed E-state index contributed by atoms with van der Waals surface area (Å²) in [5.74, 6) is 1.86. The van der Waals surface area contributed by atoms with E-state index in [1.54, 1.807) is 0 Å². The second kappa shape index (κ2) is 13.9. The first-order valence-corrected chi connectivity index (χ1v) is 20.0. The van der Waals surface area contributed by atoms with E-state index in [2.05, 4.69) is 108 Å². The Labute approximate surface area is 333 Å². The number of benzene rings is 7. The molecule has 7 aromatic carbocycles. The van der Waals surface area contributed by atoms with Crippen LogP contribution >= 0.6 is 11.3 Å². The van der Waals surface area contributed by atoms with Gasteiger partial charge in [-0.25, -0.2) is 15.0 Å². The maximum atomic E-state index is 6.47. The normalized spacial score (nSPS) is 13.0. The van der Waals surface area contributed by atoms with E-state index >= 15 is 0 Å². The quantitative estimate of drug-likeness (QED) is 0.176. The molecule has 0 radical (unpaired) electrons. The van der Waals surface area contributed by atoms with E-state index in [9.17, 15) is 0 Å². The van der Waals surface area contributed by atoms with Crippen molar-refractivity contribution in [1.29, 1.82) is 0 Å². The van der Waals surface area contributed by atoms with E-state index in [0.717, 1.165) is 68.3 Å². The molecular formula is C51H34N4OS. The van der Waals surface area contributed by atoms with E-state index in [4.69, 9.17) is 19.4 Å². The molecule has 0 aliphatic heterocycles. The van der Waals surface area contributed by atoms with E-state index in [1.165, 1.54) is 37.0 Å². The first kappa shape index (κ1) is 33.2. The molecule has 10 aromatic rings. The fraction of sp³-hybridized carbons (Fsp3) is 0.0392. The number of aromatic nitrogens is 3. The molecule has 0 spiro atoms. The molecule has 0 saturated carbocycles. The number of hydrogen-bond donors (Lipinski definition) is 1. The maximum absolute atomic E-state index is 6.47. The van der Waals surface area contributed by atoms with Crippen LogP contribution in [0.4, 0.5) is 5.69 Å². The monoisotopic (exact) mass is 750 g/mol. The molecule has 0 fully saturated rings. The van der Waals surface area contributed by atoms with Gasteiger partial charge in [0.15, 0.2) is 17.5 Å². The number of fused-ring (bicyclic) bond motifs is 6. The number of nitrogens with one attached hydrogen (secondary N) is 1. The summed E-state index contributed by atoms with van der Waals surface area (Å²) in [6, 6.07) is 57.0. The summed E-state index contributed by atoms with van der Waals surface area (Å²) < 4.78 is 9.00. The smallest absolute Gasteiger partial charge is 0.164 e. The standard InChI is InChI=1S/C51H34N4OS/c1-4-13-32(14-5-1)38-19-10-11-21-43(38)52-37-25-26-39-41-29-36(24-28-46(41)57-47(39)31-37)35-23-27-44-42(30-35)48-40(20-12-22-45(48)56-44)51-54-49(33-15-6-2-7-16-33)53-50(55-51)34-17-8-3-9-18-34/h1-10,12-20,22-31,52H,11,21H2. The van der Waals surface area contributed by atoms with Crippen molar-refractivity contribution in [2.75, 3.05) is 5.32 Å². The van der Waals surface area contributed by atoms with Crippen molar-refractivity contribution in [3.63, 3.8) is 0 Å². The van der Waals surface area contributed by atoms with Gasteiger partial charge in [-0.1, -0.05) is 133 Å². The average molecular weight is 751 g/mol. The number of thiophene rings is 1. The lowest BCUT2D eigenvalue weighted by Crippen LogP contribution is -2.05. The molecule has 0 amide bonds. The molecule has 0 unspecified atom stereocenters. The van der Waals surface area contributed by atoms with Crippen LogP contribution in [-0.2, 0) is 0 Å². The molecule has 0 saturated heterocycles. The SMILES string of the molecule is C1=CC(c2ccccc2)=C(Nc2ccc3c(c2)sc2ccc(-c4ccc5oc6cccc(-c7nc(-c8ccccc8)nc(-c8ccccc8)n7)c6c5c4)cc23)CC1. The molecular weight excluding hydrogens is 717 g/mol. The van der Waals surface area contributed by atoms with E-state index in [-0.39, 0.29) is 0 Å². The van der Waals surface area contributed by atoms with Crippen LogP contribution in [0.1, 0.15) is 18.4 Å². The summed E-state index contributed by atoms with van der Waals surface area (Å²) in [6.07, 6.45) is 6.55. The van der Waals surface area contributed by atoms with E-state index < -0.39 is 0 Å². The fourth-order valence-electron chi connectivity index (χ4n) is 8.01. The molecule has 1 aliphatic rings. The Bertz CT molecular complexity index is 3140. The predicted molar refractivity (Wildman–Crippen MR) is 237 cm³/mol. The predicted octanol–water partition coefficient (Wildman–Crippen LogP) is 14.0. The maximum Gasteiger partial charge on any atom is 0.164 e. The molecule has 1 N–H and O–H groups in total. The molecule has 11 rings (SSSR count). The van der Waals surface area contributed by atoms with Crippen molar-refractivity contribution in [2.45, 2.75) is 12.8 Å². The lowest BCUT2D eigenvalue weighted by molar-refractivity contribution is 0.669. The van der Waals surface area contributed by atoms with Crippen LogP contribution in [0.5, 0.6) is 0 Å². The number of allylic oxidation sites excluding steroid dienone is 4. The van der Waals surface area contributed by atoms with Gasteiger partial charge in [-0.3, -0.25) is 0 Å². The van der Waals surface area contributed by atoms with Gasteiger partial charge in [0.1, 0.15) is 11.2 Å². The van der Waals surface area contributed by atoms with Gasteiger partial charge in [0.25, 0.3) is 0 Å². The van der Waals surface area contributed by atoms with Gasteiger partial charge in [-0.15, -0.1) is 11.3 Å². The number of rotatable bonds is 7. The van der Waals surface area contributed by atoms with Crippen LogP contribution in [0.15, 0.2) is 186 Å². The molecule has 5 nitrogen and oxygen atoms in total. The molecule has 6 heteroatoms. The Morgan fingerprint density at radius 3 is 1.89 bits per heavy atom. The van der Waals surface area contributed by atoms with Gasteiger partial charge < -0.3 is 9.73 Å². The van der Waals surface area contributed by atoms with Gasteiger partial charge in [-0.05, 0) is 72.0 Å². The average Bonchev–Trinajstić information content (AvgIpc) is 3.84. The van der Waals surface area contributed by atoms with Gasteiger partial charge in [0, 0.05) is 64.6 Å². The zero-order chi connectivity index (χ0) is 37.7. The molecule has 1 aliphatic carbocycles. The van der Waals surface area contributed by atoms with Crippen molar-refractivity contribution in [3.8, 4) is 45.3 Å². The highest BCUT2D eigenvalue weighted by Crippen LogP contribution is 2.41. The number of furan rings is 1. The van der Waals surface area contributed by atoms with Gasteiger partial charge in [-0.2, -0.15) is 0 Å². The van der Waals surface area contributed by atoms with Gasteiger partial charge in [0.05, 0.1) is 0 Å². The van der Waals surface area contributed by atoms with Crippen LogP contribution in [0.25, 0.3) is 93.0 Å². The Kier molecular flexibility index (Phi) is 8.07. The van der Waals surface area contributed by atoms with Crippen molar-refractivity contribution in [3.05, 3.63) is 187 Å². The highest BCUT2D eigenvalue weighted by molar-refractivity contribution is 7.25. The minimum atomic E-state index is 0.606. The molecule has 57 heavy (non-hydrogen) atoms. The number of hydrogen-bond acceptors (Lipinski definition) is 6. The third kappa shape index (κ3) is 6.08. The minimum absolute atomic E-state index is 0.606. The van der Waals surface area contributed by atoms with Crippen molar-refractivity contribution >= 4 is 64.7 Å². The number of nitrogens with zero attached hydrogens (tertiary/aromatic N) is 3. The molecule has 0 bridgehead atoms. The topological polar surface area (TPSA) is 63.8 Å². The van der Waals surface area contributed by atoms with Crippen molar-refractivity contribution < 1.29 is 4.42 Å². The van der Waals surface area contributed by atoms with Crippen LogP contribution < -0.4 is 5.32 Å². The van der Waals surface area contributed by atoms with E-state index in [1.807, 2.05) is 84.1 Å². The van der Waals surface area contributed by atoms with Crippen LogP contribution in [0.3, 0.4) is 0 Å². The molecule has 3 heterocycles. The molecule has 3 aromatic heterocycles. The Morgan fingerprint density at radius 1 is 0.491 bits per heavy atom. The Hall–Kier alpha value is -7.15. The van der Waals surface area contributed by atoms with Gasteiger partial charge in [0.2, 0.25) is 0 Å². The number of anilines is 1. The van der Waals surface area contributed by atoms with Crippen LogP contribution in [0.2, 0.25) is 0 Å².